The van der Waals surface area contributed by atoms with Gasteiger partial charge in [-0.25, -0.2) is 0 Å². The number of rotatable bonds is 3. The van der Waals surface area contributed by atoms with Gasteiger partial charge >= 0.3 is 0 Å². The van der Waals surface area contributed by atoms with E-state index in [1.807, 2.05) is 41.0 Å². The van der Waals surface area contributed by atoms with Crippen LogP contribution in [0.5, 0.6) is 0 Å². The van der Waals surface area contributed by atoms with Crippen molar-refractivity contribution in [3.05, 3.63) is 35.4 Å². The largest absolute Gasteiger partial charge is 0.339 e. The molecule has 2 amide bonds. The molecule has 0 unspecified atom stereocenters. The quantitative estimate of drug-likeness (QED) is 0.907. The number of carbonyl (C=O) groups excluding carboxylic acids is 2. The van der Waals surface area contributed by atoms with Gasteiger partial charge in [-0.1, -0.05) is 29.8 Å². The SMILES string of the molecule is Cc1ccc(CC(=O)N2CCN(C(=O)C3CCNCC3)CC2)cc1. The molecule has 1 aromatic rings. The molecule has 2 fully saturated rings. The van der Waals surface area contributed by atoms with E-state index < -0.39 is 0 Å². The van der Waals surface area contributed by atoms with Crippen molar-refractivity contribution in [3.63, 3.8) is 0 Å². The minimum absolute atomic E-state index is 0.160. The van der Waals surface area contributed by atoms with E-state index >= 15 is 0 Å². The molecule has 2 aliphatic rings. The van der Waals surface area contributed by atoms with E-state index in [1.54, 1.807) is 0 Å². The summed E-state index contributed by atoms with van der Waals surface area (Å²) in [4.78, 5) is 28.8. The summed E-state index contributed by atoms with van der Waals surface area (Å²) in [6.45, 7) is 6.56. The Labute approximate surface area is 144 Å². The third-order valence-corrected chi connectivity index (χ3v) is 5.11. The number of hydrogen-bond acceptors (Lipinski definition) is 3. The van der Waals surface area contributed by atoms with Crippen LogP contribution < -0.4 is 5.32 Å². The molecule has 0 bridgehead atoms. The molecule has 1 aromatic carbocycles. The van der Waals surface area contributed by atoms with Crippen molar-refractivity contribution in [3.8, 4) is 0 Å². The zero-order chi connectivity index (χ0) is 16.9. The number of benzene rings is 1. The molecule has 0 spiro atoms. The van der Waals surface area contributed by atoms with Crippen molar-refractivity contribution in [2.45, 2.75) is 26.2 Å². The number of piperazine rings is 1. The maximum absolute atomic E-state index is 12.5. The summed E-state index contributed by atoms with van der Waals surface area (Å²) in [5, 5.41) is 3.30. The fourth-order valence-electron chi connectivity index (χ4n) is 3.50. The fraction of sp³-hybridized carbons (Fsp3) is 0.579. The zero-order valence-electron chi connectivity index (χ0n) is 14.5. The van der Waals surface area contributed by atoms with Gasteiger partial charge in [0.05, 0.1) is 6.42 Å². The van der Waals surface area contributed by atoms with Crippen molar-refractivity contribution in [2.75, 3.05) is 39.3 Å². The Morgan fingerprint density at radius 3 is 2.21 bits per heavy atom. The molecule has 24 heavy (non-hydrogen) atoms. The van der Waals surface area contributed by atoms with E-state index in [0.29, 0.717) is 32.6 Å². The van der Waals surface area contributed by atoms with Crippen LogP contribution in [0.15, 0.2) is 24.3 Å². The summed E-state index contributed by atoms with van der Waals surface area (Å²) in [5.74, 6) is 0.607. The molecule has 130 valence electrons. The first-order chi connectivity index (χ1) is 11.6. The van der Waals surface area contributed by atoms with Crippen LogP contribution in [0.2, 0.25) is 0 Å². The normalized spacial score (nSPS) is 19.4. The van der Waals surface area contributed by atoms with Crippen molar-refractivity contribution in [1.82, 2.24) is 15.1 Å². The number of piperidine rings is 1. The van der Waals surface area contributed by atoms with Crippen molar-refractivity contribution in [1.29, 1.82) is 0 Å². The Morgan fingerprint density at radius 2 is 1.58 bits per heavy atom. The molecule has 2 heterocycles. The predicted octanol–water partition coefficient (Wildman–Crippen LogP) is 1.21. The highest BCUT2D eigenvalue weighted by Gasteiger charge is 2.29. The first-order valence-corrected chi connectivity index (χ1v) is 8.96. The van der Waals surface area contributed by atoms with Crippen LogP contribution >= 0.6 is 0 Å². The zero-order valence-corrected chi connectivity index (χ0v) is 14.5. The van der Waals surface area contributed by atoms with Gasteiger partial charge in [-0.2, -0.15) is 0 Å². The average Bonchev–Trinajstić information content (AvgIpc) is 2.64. The lowest BCUT2D eigenvalue weighted by Crippen LogP contribution is -2.53. The van der Waals surface area contributed by atoms with Crippen LogP contribution in [0.3, 0.4) is 0 Å². The summed E-state index contributed by atoms with van der Waals surface area (Å²) >= 11 is 0. The maximum atomic E-state index is 12.5. The molecule has 2 saturated heterocycles. The number of carbonyl (C=O) groups is 2. The third-order valence-electron chi connectivity index (χ3n) is 5.11. The second kappa shape index (κ2) is 7.79. The molecule has 5 heteroatoms. The second-order valence-electron chi connectivity index (χ2n) is 6.89. The first kappa shape index (κ1) is 17.0. The number of amides is 2. The number of hydrogen-bond donors (Lipinski definition) is 1. The Morgan fingerprint density at radius 1 is 1.00 bits per heavy atom. The Hall–Kier alpha value is -1.88. The standard InChI is InChI=1S/C19H27N3O2/c1-15-2-4-16(5-3-15)14-18(23)21-10-12-22(13-11-21)19(24)17-6-8-20-9-7-17/h2-5,17,20H,6-14H2,1H3. The van der Waals surface area contributed by atoms with E-state index in [9.17, 15) is 9.59 Å². The topological polar surface area (TPSA) is 52.7 Å². The van der Waals surface area contributed by atoms with Crippen molar-refractivity contribution >= 4 is 11.8 Å². The van der Waals surface area contributed by atoms with E-state index in [0.717, 1.165) is 31.5 Å². The van der Waals surface area contributed by atoms with Crippen LogP contribution in [0.25, 0.3) is 0 Å². The molecule has 0 saturated carbocycles. The van der Waals surface area contributed by atoms with Gasteiger partial charge in [-0.15, -0.1) is 0 Å². The lowest BCUT2D eigenvalue weighted by atomic mass is 9.96. The van der Waals surface area contributed by atoms with Crippen LogP contribution in [0.1, 0.15) is 24.0 Å². The van der Waals surface area contributed by atoms with Gasteiger partial charge in [-0.05, 0) is 38.4 Å². The van der Waals surface area contributed by atoms with E-state index in [4.69, 9.17) is 0 Å². The summed E-state index contributed by atoms with van der Waals surface area (Å²) in [5.41, 5.74) is 2.26. The van der Waals surface area contributed by atoms with Crippen LogP contribution in [0.4, 0.5) is 0 Å². The van der Waals surface area contributed by atoms with Gasteiger partial charge in [-0.3, -0.25) is 9.59 Å². The molecule has 5 nitrogen and oxygen atoms in total. The molecule has 0 aliphatic carbocycles. The molecule has 0 atom stereocenters. The van der Waals surface area contributed by atoms with Crippen molar-refractivity contribution in [2.24, 2.45) is 5.92 Å². The van der Waals surface area contributed by atoms with E-state index in [2.05, 4.69) is 5.32 Å². The molecule has 2 aliphatic heterocycles. The Balaban J connectivity index is 1.48. The lowest BCUT2D eigenvalue weighted by Gasteiger charge is -2.37. The highest BCUT2D eigenvalue weighted by molar-refractivity contribution is 5.81. The maximum Gasteiger partial charge on any atom is 0.227 e. The number of nitrogens with one attached hydrogen (secondary N) is 1. The van der Waals surface area contributed by atoms with Crippen molar-refractivity contribution < 1.29 is 9.59 Å². The average molecular weight is 329 g/mol. The fourth-order valence-corrected chi connectivity index (χ4v) is 3.50. The molecule has 0 radical (unpaired) electrons. The smallest absolute Gasteiger partial charge is 0.227 e. The summed E-state index contributed by atoms with van der Waals surface area (Å²) in [6, 6.07) is 8.12. The van der Waals surface area contributed by atoms with E-state index in [1.165, 1.54) is 5.56 Å². The highest BCUT2D eigenvalue weighted by atomic mass is 16.2. The molecule has 0 aromatic heterocycles. The van der Waals surface area contributed by atoms with Gasteiger partial charge in [0.25, 0.3) is 0 Å². The predicted molar refractivity (Wildman–Crippen MR) is 93.6 cm³/mol. The number of aryl methyl sites for hydroxylation is 1. The van der Waals surface area contributed by atoms with Gasteiger partial charge in [0.2, 0.25) is 11.8 Å². The Kier molecular flexibility index (Phi) is 5.51. The molecule has 3 rings (SSSR count). The first-order valence-electron chi connectivity index (χ1n) is 8.96. The summed E-state index contributed by atoms with van der Waals surface area (Å²) in [7, 11) is 0. The highest BCUT2D eigenvalue weighted by Crippen LogP contribution is 2.17. The lowest BCUT2D eigenvalue weighted by molar-refractivity contribution is -0.142. The minimum Gasteiger partial charge on any atom is -0.339 e. The van der Waals surface area contributed by atoms with Gasteiger partial charge < -0.3 is 15.1 Å². The van der Waals surface area contributed by atoms with Gasteiger partial charge in [0, 0.05) is 32.1 Å². The summed E-state index contributed by atoms with van der Waals surface area (Å²) < 4.78 is 0. The van der Waals surface area contributed by atoms with E-state index in [-0.39, 0.29) is 17.7 Å². The summed E-state index contributed by atoms with van der Waals surface area (Å²) in [6.07, 6.45) is 2.32. The molecular weight excluding hydrogens is 302 g/mol. The minimum atomic E-state index is 0.160. The monoisotopic (exact) mass is 329 g/mol. The van der Waals surface area contributed by atoms with Crippen LogP contribution in [-0.2, 0) is 16.0 Å². The second-order valence-corrected chi connectivity index (χ2v) is 6.89. The Bertz CT molecular complexity index is 571. The van der Waals surface area contributed by atoms with Gasteiger partial charge in [0.1, 0.15) is 0 Å². The molecule has 1 N–H and O–H groups in total. The van der Waals surface area contributed by atoms with Gasteiger partial charge in [0.15, 0.2) is 0 Å². The number of nitrogens with zero attached hydrogens (tertiary/aromatic N) is 2. The molecular formula is C19H27N3O2. The third kappa shape index (κ3) is 4.15. The van der Waals surface area contributed by atoms with Crippen LogP contribution in [-0.4, -0.2) is 60.9 Å². The van der Waals surface area contributed by atoms with Crippen LogP contribution in [0, 0.1) is 12.8 Å².